The maximum Gasteiger partial charge on any atom is 0.223 e. The predicted molar refractivity (Wildman–Crippen MR) is 282 cm³/mol. The molecule has 0 unspecified atom stereocenters. The first-order chi connectivity index (χ1) is 36.2. The second kappa shape index (κ2) is 16.2. The van der Waals surface area contributed by atoms with Crippen LogP contribution in [-0.4, -0.2) is 84.0 Å². The molecule has 8 heterocycles. The number of hydrogen-bond donors (Lipinski definition) is 6. The lowest BCUT2D eigenvalue weighted by Gasteiger charge is -2.13. The van der Waals surface area contributed by atoms with Crippen molar-refractivity contribution in [3.8, 4) is 95.7 Å². The van der Waals surface area contributed by atoms with Gasteiger partial charge in [-0.1, -0.05) is 96.5 Å². The number of nitrogens with one attached hydrogen (secondary N) is 2. The highest BCUT2D eigenvalue weighted by Gasteiger charge is 2.26. The molecule has 0 fully saturated rings. The van der Waals surface area contributed by atoms with Gasteiger partial charge < -0.3 is 27.3 Å². The molecule has 0 amide bonds. The summed E-state index contributed by atoms with van der Waals surface area (Å²) < 4.78 is 4.56. The maximum absolute atomic E-state index is 10.3. The van der Waals surface area contributed by atoms with Crippen molar-refractivity contribution in [3.05, 3.63) is 157 Å². The molecular formula is C53H34ClN19O. The standard InChI is InChI=1S/C53H34ClN19O/c54-35-21-28(14-17-39(35)74)40-44(64-51(55)71-48(40)60-25-62-71)30-8-4-10-32(19-30)46-66-49-41(27-12-15-36-34(18-27)23-61-68-36)45(65-53(57)72(49)69-46)31-9-5-11-33(20-31)47-67-50-42(29-13-16-37-38(22-29)59-24-58-37)43(26-6-2-1-3-7-26)63-52(56)73(50)70-47/h1-25,74H,(H2,55,64)(H2,56,63)(H2,57,65)(H,58,59)(H,61,68). The molecule has 0 radical (unpaired) electrons. The van der Waals surface area contributed by atoms with Gasteiger partial charge in [-0.05, 0) is 65.2 Å². The minimum Gasteiger partial charge on any atom is -0.506 e. The summed E-state index contributed by atoms with van der Waals surface area (Å²) in [6.45, 7) is 0. The number of aromatic nitrogens is 16. The van der Waals surface area contributed by atoms with Crippen molar-refractivity contribution in [2.75, 3.05) is 17.2 Å². The third kappa shape index (κ3) is 6.73. The average Bonchev–Trinajstić information content (AvgIpc) is 4.33. The number of halogens is 1. The Morgan fingerprint density at radius 3 is 1.73 bits per heavy atom. The number of phenolic OH excluding ortho intramolecular Hbond substituents is 1. The van der Waals surface area contributed by atoms with Crippen LogP contribution in [0.1, 0.15) is 0 Å². The van der Waals surface area contributed by atoms with Gasteiger partial charge in [-0.25, -0.2) is 34.9 Å². The van der Waals surface area contributed by atoms with Gasteiger partial charge in [0, 0.05) is 33.2 Å². The number of hydrogen-bond acceptors (Lipinski definition) is 15. The third-order valence-corrected chi connectivity index (χ3v) is 13.3. The van der Waals surface area contributed by atoms with Gasteiger partial charge in [-0.2, -0.15) is 23.7 Å². The molecule has 6 aromatic carbocycles. The van der Waals surface area contributed by atoms with E-state index in [1.54, 1.807) is 33.7 Å². The number of fused-ring (bicyclic) bond motifs is 5. The van der Waals surface area contributed by atoms with E-state index < -0.39 is 0 Å². The monoisotopic (exact) mass is 987 g/mol. The number of nitrogen functional groups attached to an aromatic ring is 3. The molecule has 14 aromatic rings. The lowest BCUT2D eigenvalue weighted by atomic mass is 9.97. The topological polar surface area (TPSA) is 285 Å². The van der Waals surface area contributed by atoms with Crippen LogP contribution in [0.4, 0.5) is 17.8 Å². The minimum atomic E-state index is -0.0637. The lowest BCUT2D eigenvalue weighted by molar-refractivity contribution is 0.475. The van der Waals surface area contributed by atoms with Gasteiger partial charge in [-0.3, -0.25) is 5.10 Å². The lowest BCUT2D eigenvalue weighted by Crippen LogP contribution is -2.06. The molecule has 0 aliphatic heterocycles. The van der Waals surface area contributed by atoms with Gasteiger partial charge >= 0.3 is 0 Å². The zero-order chi connectivity index (χ0) is 49.8. The van der Waals surface area contributed by atoms with Crippen LogP contribution in [0, 0.1) is 0 Å². The summed E-state index contributed by atoms with van der Waals surface area (Å²) in [4.78, 5) is 37.3. The normalized spacial score (nSPS) is 11.8. The smallest absolute Gasteiger partial charge is 0.223 e. The van der Waals surface area contributed by atoms with Crippen molar-refractivity contribution < 1.29 is 5.11 Å². The molecule has 74 heavy (non-hydrogen) atoms. The summed E-state index contributed by atoms with van der Waals surface area (Å²) >= 11 is 6.43. The summed E-state index contributed by atoms with van der Waals surface area (Å²) in [6.07, 6.45) is 4.83. The molecule has 8 aromatic heterocycles. The molecule has 0 aliphatic rings. The summed E-state index contributed by atoms with van der Waals surface area (Å²) in [5.74, 6) is 1.09. The maximum atomic E-state index is 10.3. The molecule has 9 N–H and O–H groups in total. The van der Waals surface area contributed by atoms with Crippen LogP contribution < -0.4 is 17.2 Å². The van der Waals surface area contributed by atoms with E-state index in [0.717, 1.165) is 44.2 Å². The number of anilines is 3. The molecule has 0 aliphatic carbocycles. The second-order valence-corrected chi connectivity index (χ2v) is 17.8. The molecule has 14 rings (SSSR count). The third-order valence-electron chi connectivity index (χ3n) is 13.0. The van der Waals surface area contributed by atoms with E-state index >= 15 is 0 Å². The Morgan fingerprint density at radius 1 is 0.486 bits per heavy atom. The van der Waals surface area contributed by atoms with E-state index in [-0.39, 0.29) is 28.6 Å². The van der Waals surface area contributed by atoms with Crippen molar-refractivity contribution in [2.45, 2.75) is 0 Å². The van der Waals surface area contributed by atoms with E-state index in [2.05, 4.69) is 30.2 Å². The molecule has 0 saturated heterocycles. The largest absolute Gasteiger partial charge is 0.506 e. The van der Waals surface area contributed by atoms with Crippen LogP contribution in [0.5, 0.6) is 5.75 Å². The number of nitrogens with two attached hydrogens (primary N) is 3. The summed E-state index contributed by atoms with van der Waals surface area (Å²) in [5, 5.41) is 32.9. The van der Waals surface area contributed by atoms with E-state index in [4.69, 9.17) is 63.9 Å². The average molecular weight is 988 g/mol. The Balaban J connectivity index is 0.927. The van der Waals surface area contributed by atoms with E-state index in [1.807, 2.05) is 115 Å². The Hall–Kier alpha value is -10.6. The highest BCUT2D eigenvalue weighted by molar-refractivity contribution is 6.32. The molecule has 0 saturated carbocycles. The molecule has 354 valence electrons. The SMILES string of the molecule is Nc1nc(-c2cccc(-c3nc4c(-c5ccc6[nH]ncc6c5)c(-c5cccc(-c6nc7c(-c8ccc9nc[nH]c9c8)c(-c8ccccc8)nc(N)n7n6)c5)nc(N)n4n3)c2)c(-c2ccc(O)c(Cl)c2)c2ncnn12. The fraction of sp³-hybridized carbons (Fsp3) is 0. The Bertz CT molecular complexity index is 4590. The quantitative estimate of drug-likeness (QED) is 0.0827. The van der Waals surface area contributed by atoms with Gasteiger partial charge in [0.25, 0.3) is 0 Å². The number of H-pyrrole nitrogens is 2. The number of rotatable bonds is 8. The molecule has 21 heteroatoms. The zero-order valence-corrected chi connectivity index (χ0v) is 39.0. The summed E-state index contributed by atoms with van der Waals surface area (Å²) in [6, 6.07) is 42.1. The Kier molecular flexibility index (Phi) is 9.27. The van der Waals surface area contributed by atoms with Gasteiger partial charge in [0.1, 0.15) is 12.1 Å². The number of aromatic hydroxyl groups is 1. The Morgan fingerprint density at radius 2 is 1.05 bits per heavy atom. The predicted octanol–water partition coefficient (Wildman–Crippen LogP) is 9.19. The zero-order valence-electron chi connectivity index (χ0n) is 38.3. The molecule has 0 bridgehead atoms. The van der Waals surface area contributed by atoms with Gasteiger partial charge in [-0.15, -0.1) is 10.2 Å². The van der Waals surface area contributed by atoms with Crippen molar-refractivity contribution in [1.82, 2.24) is 78.9 Å². The van der Waals surface area contributed by atoms with Gasteiger partial charge in [0.15, 0.2) is 28.6 Å². The molecule has 20 nitrogen and oxygen atoms in total. The number of imidazole rings is 1. The number of phenols is 1. The van der Waals surface area contributed by atoms with Gasteiger partial charge in [0.05, 0.1) is 67.9 Å². The summed E-state index contributed by atoms with van der Waals surface area (Å²) in [5.41, 5.74) is 33.6. The Labute approximate surface area is 420 Å². The van der Waals surface area contributed by atoms with E-state index in [1.165, 1.54) is 16.9 Å². The number of benzene rings is 6. The fourth-order valence-corrected chi connectivity index (χ4v) is 9.73. The number of aromatic amines is 2. The molecular weight excluding hydrogens is 954 g/mol. The first-order valence-corrected chi connectivity index (χ1v) is 23.3. The van der Waals surface area contributed by atoms with E-state index in [9.17, 15) is 5.11 Å². The van der Waals surface area contributed by atoms with Crippen LogP contribution in [-0.2, 0) is 0 Å². The van der Waals surface area contributed by atoms with Crippen molar-refractivity contribution in [3.63, 3.8) is 0 Å². The van der Waals surface area contributed by atoms with Crippen LogP contribution in [0.25, 0.3) is 129 Å². The number of nitrogens with zero attached hydrogens (tertiary/aromatic N) is 14. The van der Waals surface area contributed by atoms with Crippen LogP contribution in [0.15, 0.2) is 152 Å². The van der Waals surface area contributed by atoms with Crippen molar-refractivity contribution in [2.24, 2.45) is 0 Å². The van der Waals surface area contributed by atoms with E-state index in [0.29, 0.717) is 84.6 Å². The van der Waals surface area contributed by atoms with Crippen molar-refractivity contribution in [1.29, 1.82) is 0 Å². The summed E-state index contributed by atoms with van der Waals surface area (Å²) in [7, 11) is 0. The van der Waals surface area contributed by atoms with Crippen molar-refractivity contribution >= 4 is 68.3 Å². The minimum absolute atomic E-state index is 0.0637. The second-order valence-electron chi connectivity index (χ2n) is 17.4. The van der Waals surface area contributed by atoms with Crippen LogP contribution in [0.3, 0.4) is 0 Å². The van der Waals surface area contributed by atoms with Crippen LogP contribution >= 0.6 is 11.6 Å². The molecule has 0 atom stereocenters. The highest BCUT2D eigenvalue weighted by atomic mass is 35.5. The first-order valence-electron chi connectivity index (χ1n) is 23.0. The first kappa shape index (κ1) is 42.3. The molecule has 0 spiro atoms. The highest BCUT2D eigenvalue weighted by Crippen LogP contribution is 2.42. The van der Waals surface area contributed by atoms with Gasteiger partial charge in [0.2, 0.25) is 17.8 Å². The fourth-order valence-electron chi connectivity index (χ4n) is 9.55. The van der Waals surface area contributed by atoms with Crippen LogP contribution in [0.2, 0.25) is 5.02 Å².